The number of benzene rings is 3. The first-order valence-electron chi connectivity index (χ1n) is 11.6. The smallest absolute Gasteiger partial charge is 0.408 e. The summed E-state index contributed by atoms with van der Waals surface area (Å²) in [5.74, 6) is -1.49. The predicted octanol–water partition coefficient (Wildman–Crippen LogP) is 4.71. The van der Waals surface area contributed by atoms with Crippen LogP contribution >= 0.6 is 0 Å². The number of carbonyl (C=O) groups excluding carboxylic acids is 2. The van der Waals surface area contributed by atoms with Crippen LogP contribution in [0.25, 0.3) is 11.1 Å². The summed E-state index contributed by atoms with van der Waals surface area (Å²) in [6, 6.07) is 22.5. The Morgan fingerprint density at radius 2 is 1.57 bits per heavy atom. The average molecular weight is 473 g/mol. The minimum atomic E-state index is -1.19. The number of hydrogen-bond donors (Lipinski definition) is 3. The van der Waals surface area contributed by atoms with Gasteiger partial charge < -0.3 is 20.5 Å². The highest BCUT2D eigenvalue weighted by atomic mass is 16.5. The third-order valence-electron chi connectivity index (χ3n) is 6.56. The maximum Gasteiger partial charge on any atom is 0.408 e. The molecule has 3 aromatic carbocycles. The summed E-state index contributed by atoms with van der Waals surface area (Å²) >= 11 is 0. The van der Waals surface area contributed by atoms with Crippen LogP contribution in [-0.2, 0) is 16.1 Å². The third kappa shape index (κ3) is 5.04. The standard InChI is InChI=1S/C28H28N2O5/c1-3-28(2,26(33)29-16-18-9-8-10-19(15-18)25(31)32)30-27(34)35-17-24-22-13-6-4-11-20(22)21-12-5-7-14-23(21)24/h4-15,24H,3,16-17H2,1-2H3,(H,29,33)(H,30,34)(H,31,32). The molecule has 0 aliphatic heterocycles. The summed E-state index contributed by atoms with van der Waals surface area (Å²) < 4.78 is 5.60. The number of fused-ring (bicyclic) bond motifs is 3. The van der Waals surface area contributed by atoms with Crippen molar-refractivity contribution in [3.8, 4) is 11.1 Å². The molecule has 0 heterocycles. The van der Waals surface area contributed by atoms with Crippen molar-refractivity contribution in [2.75, 3.05) is 6.61 Å². The number of carboxylic acids is 1. The molecule has 0 spiro atoms. The second-order valence-electron chi connectivity index (χ2n) is 8.82. The van der Waals surface area contributed by atoms with Crippen LogP contribution < -0.4 is 10.6 Å². The number of aromatic carboxylic acids is 1. The van der Waals surface area contributed by atoms with Crippen LogP contribution in [-0.4, -0.2) is 35.2 Å². The zero-order valence-electron chi connectivity index (χ0n) is 19.7. The van der Waals surface area contributed by atoms with E-state index in [0.717, 1.165) is 22.3 Å². The van der Waals surface area contributed by atoms with Gasteiger partial charge in [-0.3, -0.25) is 4.79 Å². The number of hydrogen-bond acceptors (Lipinski definition) is 4. The van der Waals surface area contributed by atoms with Gasteiger partial charge in [0.15, 0.2) is 0 Å². The molecule has 0 fully saturated rings. The van der Waals surface area contributed by atoms with Gasteiger partial charge in [-0.2, -0.15) is 0 Å². The Labute approximate surface area is 204 Å². The molecule has 0 aromatic heterocycles. The van der Waals surface area contributed by atoms with Crippen molar-refractivity contribution < 1.29 is 24.2 Å². The highest BCUT2D eigenvalue weighted by molar-refractivity contribution is 5.90. The van der Waals surface area contributed by atoms with Crippen molar-refractivity contribution in [3.63, 3.8) is 0 Å². The Hall–Kier alpha value is -4.13. The summed E-state index contributed by atoms with van der Waals surface area (Å²) in [6.45, 7) is 3.73. The summed E-state index contributed by atoms with van der Waals surface area (Å²) in [5.41, 5.74) is 4.11. The van der Waals surface area contributed by atoms with E-state index in [-0.39, 0.29) is 30.5 Å². The fourth-order valence-electron chi connectivity index (χ4n) is 4.36. The lowest BCUT2D eigenvalue weighted by molar-refractivity contribution is -0.127. The molecule has 1 aliphatic rings. The van der Waals surface area contributed by atoms with E-state index >= 15 is 0 Å². The molecular formula is C28H28N2O5. The molecule has 0 radical (unpaired) electrons. The van der Waals surface area contributed by atoms with E-state index in [1.165, 1.54) is 12.1 Å². The van der Waals surface area contributed by atoms with Gasteiger partial charge in [0, 0.05) is 12.5 Å². The third-order valence-corrected chi connectivity index (χ3v) is 6.56. The quantitative estimate of drug-likeness (QED) is 0.440. The van der Waals surface area contributed by atoms with E-state index in [1.807, 2.05) is 36.4 Å². The molecule has 3 aromatic rings. The lowest BCUT2D eigenvalue weighted by Crippen LogP contribution is -2.56. The molecule has 1 atom stereocenters. The van der Waals surface area contributed by atoms with Crippen molar-refractivity contribution >= 4 is 18.0 Å². The zero-order valence-corrected chi connectivity index (χ0v) is 19.7. The van der Waals surface area contributed by atoms with Gasteiger partial charge >= 0.3 is 12.1 Å². The Balaban J connectivity index is 1.38. The molecular weight excluding hydrogens is 444 g/mol. The van der Waals surface area contributed by atoms with Crippen LogP contribution in [0, 0.1) is 0 Å². The molecule has 0 saturated heterocycles. The van der Waals surface area contributed by atoms with E-state index in [9.17, 15) is 14.4 Å². The van der Waals surface area contributed by atoms with Crippen LogP contribution in [0.4, 0.5) is 4.79 Å². The van der Waals surface area contributed by atoms with Crippen LogP contribution in [0.1, 0.15) is 53.2 Å². The predicted molar refractivity (Wildman–Crippen MR) is 132 cm³/mol. The summed E-state index contributed by atoms with van der Waals surface area (Å²) in [6.07, 6.45) is -0.322. The van der Waals surface area contributed by atoms with E-state index in [2.05, 4.69) is 22.8 Å². The molecule has 0 saturated carbocycles. The van der Waals surface area contributed by atoms with Crippen LogP contribution in [0.5, 0.6) is 0 Å². The minimum absolute atomic E-state index is 0.0728. The number of alkyl carbamates (subject to hydrolysis) is 1. The number of ether oxygens (including phenoxy) is 1. The summed E-state index contributed by atoms with van der Waals surface area (Å²) in [5, 5.41) is 14.6. The lowest BCUT2D eigenvalue weighted by Gasteiger charge is -2.28. The van der Waals surface area contributed by atoms with Gasteiger partial charge in [-0.25, -0.2) is 9.59 Å². The lowest BCUT2D eigenvalue weighted by atomic mass is 9.97. The van der Waals surface area contributed by atoms with Gasteiger partial charge in [0.1, 0.15) is 12.1 Å². The Morgan fingerprint density at radius 1 is 0.943 bits per heavy atom. The first-order chi connectivity index (χ1) is 16.8. The number of amides is 2. The fourth-order valence-corrected chi connectivity index (χ4v) is 4.36. The Kier molecular flexibility index (Phi) is 6.87. The largest absolute Gasteiger partial charge is 0.478 e. The highest BCUT2D eigenvalue weighted by Crippen LogP contribution is 2.44. The van der Waals surface area contributed by atoms with Crippen molar-refractivity contribution in [1.82, 2.24) is 10.6 Å². The molecule has 1 aliphatic carbocycles. The Bertz CT molecular complexity index is 1230. The topological polar surface area (TPSA) is 105 Å². The first kappa shape index (κ1) is 24.0. The SMILES string of the molecule is CCC(C)(NC(=O)OCC1c2ccccc2-c2ccccc21)C(=O)NCc1cccc(C(=O)O)c1. The van der Waals surface area contributed by atoms with Crippen molar-refractivity contribution in [1.29, 1.82) is 0 Å². The van der Waals surface area contributed by atoms with Gasteiger partial charge in [-0.05, 0) is 53.3 Å². The molecule has 35 heavy (non-hydrogen) atoms. The van der Waals surface area contributed by atoms with Crippen molar-refractivity contribution in [3.05, 3.63) is 95.1 Å². The molecule has 2 amide bonds. The van der Waals surface area contributed by atoms with Crippen LogP contribution in [0.3, 0.4) is 0 Å². The normalized spacial score (nSPS) is 13.8. The maximum absolute atomic E-state index is 12.9. The van der Waals surface area contributed by atoms with Gasteiger partial charge in [0.05, 0.1) is 5.56 Å². The second-order valence-corrected chi connectivity index (χ2v) is 8.82. The summed E-state index contributed by atoms with van der Waals surface area (Å²) in [4.78, 5) is 36.8. The van der Waals surface area contributed by atoms with Crippen molar-refractivity contribution in [2.45, 2.75) is 38.3 Å². The molecule has 4 rings (SSSR count). The van der Waals surface area contributed by atoms with Gasteiger partial charge in [-0.1, -0.05) is 67.6 Å². The number of nitrogens with one attached hydrogen (secondary N) is 2. The maximum atomic E-state index is 12.9. The number of carbonyl (C=O) groups is 3. The monoisotopic (exact) mass is 472 g/mol. The first-order valence-corrected chi connectivity index (χ1v) is 11.6. The molecule has 7 nitrogen and oxygen atoms in total. The molecule has 0 bridgehead atoms. The zero-order chi connectivity index (χ0) is 25.0. The summed E-state index contributed by atoms with van der Waals surface area (Å²) in [7, 11) is 0. The molecule has 1 unspecified atom stereocenters. The van der Waals surface area contributed by atoms with Crippen molar-refractivity contribution in [2.24, 2.45) is 0 Å². The van der Waals surface area contributed by atoms with Crippen LogP contribution in [0.2, 0.25) is 0 Å². The van der Waals surface area contributed by atoms with Gasteiger partial charge in [0.25, 0.3) is 0 Å². The Morgan fingerprint density at radius 3 is 2.17 bits per heavy atom. The van der Waals surface area contributed by atoms with E-state index in [1.54, 1.807) is 26.0 Å². The highest BCUT2D eigenvalue weighted by Gasteiger charge is 2.34. The number of rotatable bonds is 8. The van der Waals surface area contributed by atoms with Crippen LogP contribution in [0.15, 0.2) is 72.8 Å². The van der Waals surface area contributed by atoms with E-state index < -0.39 is 17.6 Å². The molecule has 3 N–H and O–H groups in total. The number of carboxylic acid groups (broad SMARTS) is 1. The average Bonchev–Trinajstić information content (AvgIpc) is 3.19. The molecule has 180 valence electrons. The van der Waals surface area contributed by atoms with E-state index in [0.29, 0.717) is 12.0 Å². The minimum Gasteiger partial charge on any atom is -0.478 e. The second kappa shape index (κ2) is 10.0. The molecule has 7 heteroatoms. The van der Waals surface area contributed by atoms with Gasteiger partial charge in [0.2, 0.25) is 5.91 Å². The fraction of sp³-hybridized carbons (Fsp3) is 0.250. The van der Waals surface area contributed by atoms with E-state index in [4.69, 9.17) is 9.84 Å². The van der Waals surface area contributed by atoms with Gasteiger partial charge in [-0.15, -0.1) is 0 Å².